The van der Waals surface area contributed by atoms with Crippen LogP contribution in [0.2, 0.25) is 0 Å². The van der Waals surface area contributed by atoms with Crippen LogP contribution >= 0.6 is 12.2 Å². The lowest BCUT2D eigenvalue weighted by Crippen LogP contribution is -2.30. The fraction of sp³-hybridized carbons (Fsp3) is 0.0968. The monoisotopic (exact) mass is 536 g/mol. The first-order valence-corrected chi connectivity index (χ1v) is 12.9. The zero-order valence-electron chi connectivity index (χ0n) is 21.1. The van der Waals surface area contributed by atoms with Gasteiger partial charge in [0.1, 0.15) is 29.1 Å². The van der Waals surface area contributed by atoms with Gasteiger partial charge >= 0.3 is 0 Å². The highest BCUT2D eigenvalue weighted by Crippen LogP contribution is 2.42. The summed E-state index contributed by atoms with van der Waals surface area (Å²) in [7, 11) is 1.63. The van der Waals surface area contributed by atoms with E-state index in [2.05, 4.69) is 25.8 Å². The van der Waals surface area contributed by atoms with Crippen LogP contribution in [0.3, 0.4) is 0 Å². The maximum Gasteiger partial charge on any atom is 0.174 e. The Kier molecular flexibility index (Phi) is 6.69. The van der Waals surface area contributed by atoms with Gasteiger partial charge in [-0.2, -0.15) is 0 Å². The first kappa shape index (κ1) is 24.6. The van der Waals surface area contributed by atoms with Crippen molar-refractivity contribution in [1.82, 2.24) is 14.9 Å². The molecule has 0 bridgehead atoms. The van der Waals surface area contributed by atoms with Crippen LogP contribution in [0.4, 0.5) is 10.1 Å². The molecule has 194 valence electrons. The smallest absolute Gasteiger partial charge is 0.174 e. The number of thiocarbonyl (C=S) groups is 1. The van der Waals surface area contributed by atoms with Crippen LogP contribution in [0.25, 0.3) is 5.69 Å². The van der Waals surface area contributed by atoms with Crippen molar-refractivity contribution in [1.29, 1.82) is 0 Å². The molecule has 0 aliphatic carbocycles. The van der Waals surface area contributed by atoms with Crippen LogP contribution in [-0.4, -0.2) is 21.8 Å². The standard InChI is InChI=1S/C31H25FN4O2S/c1-37-24-15-17-26(18-16-24)38-25-13-11-23(12-14-25)36-30(29(34-31(36)39)27-5-2-3-19-33-27)28-6-4-20-35(28)22-9-7-21(32)8-10-22/h2-20,29-30H,1H3,(H,34,39)/t29-,30-/m1/s1. The fourth-order valence-corrected chi connectivity index (χ4v) is 5.21. The minimum absolute atomic E-state index is 0.206. The first-order chi connectivity index (χ1) is 19.1. The highest BCUT2D eigenvalue weighted by atomic mass is 32.1. The predicted molar refractivity (Wildman–Crippen MR) is 153 cm³/mol. The second kappa shape index (κ2) is 10.6. The largest absolute Gasteiger partial charge is 0.497 e. The predicted octanol–water partition coefficient (Wildman–Crippen LogP) is 6.99. The molecule has 39 heavy (non-hydrogen) atoms. The van der Waals surface area contributed by atoms with Crippen molar-refractivity contribution in [2.75, 3.05) is 12.0 Å². The molecule has 6 rings (SSSR count). The minimum atomic E-state index is -0.277. The highest BCUT2D eigenvalue weighted by molar-refractivity contribution is 7.80. The third kappa shape index (κ3) is 4.94. The van der Waals surface area contributed by atoms with E-state index in [-0.39, 0.29) is 17.9 Å². The number of rotatable bonds is 7. The minimum Gasteiger partial charge on any atom is -0.497 e. The van der Waals surface area contributed by atoms with Gasteiger partial charge in [-0.1, -0.05) is 6.07 Å². The van der Waals surface area contributed by atoms with Crippen LogP contribution in [0.5, 0.6) is 17.2 Å². The molecule has 3 aromatic carbocycles. The molecule has 0 radical (unpaired) electrons. The normalized spacial score (nSPS) is 16.7. The van der Waals surface area contributed by atoms with Crippen LogP contribution < -0.4 is 19.7 Å². The molecule has 6 nitrogen and oxygen atoms in total. The molecule has 0 amide bonds. The Morgan fingerprint density at radius 2 is 1.46 bits per heavy atom. The molecule has 1 fully saturated rings. The van der Waals surface area contributed by atoms with Gasteiger partial charge < -0.3 is 24.3 Å². The number of ether oxygens (including phenoxy) is 2. The van der Waals surface area contributed by atoms with E-state index in [1.807, 2.05) is 79.0 Å². The van der Waals surface area contributed by atoms with E-state index in [9.17, 15) is 4.39 Å². The summed E-state index contributed by atoms with van der Waals surface area (Å²) in [4.78, 5) is 6.73. The maximum atomic E-state index is 13.7. The van der Waals surface area contributed by atoms with Crippen LogP contribution in [-0.2, 0) is 0 Å². The summed E-state index contributed by atoms with van der Waals surface area (Å²) in [5.41, 5.74) is 3.63. The van der Waals surface area contributed by atoms with Gasteiger partial charge in [0.15, 0.2) is 5.11 Å². The molecule has 3 heterocycles. The van der Waals surface area contributed by atoms with Crippen molar-refractivity contribution in [3.63, 3.8) is 0 Å². The topological polar surface area (TPSA) is 51.6 Å². The Balaban J connectivity index is 1.36. The highest BCUT2D eigenvalue weighted by Gasteiger charge is 2.42. The van der Waals surface area contributed by atoms with E-state index >= 15 is 0 Å². The third-order valence-corrected chi connectivity index (χ3v) is 7.01. The van der Waals surface area contributed by atoms with Crippen molar-refractivity contribution in [2.24, 2.45) is 0 Å². The molecule has 1 N–H and O–H groups in total. The van der Waals surface area contributed by atoms with Gasteiger partial charge in [0.05, 0.1) is 18.8 Å². The molecule has 0 unspecified atom stereocenters. The zero-order chi connectivity index (χ0) is 26.8. The number of nitrogens with one attached hydrogen (secondary N) is 1. The number of methoxy groups -OCH3 is 1. The summed E-state index contributed by atoms with van der Waals surface area (Å²) in [6.45, 7) is 0. The van der Waals surface area contributed by atoms with Crippen LogP contribution in [0.15, 0.2) is 116 Å². The van der Waals surface area contributed by atoms with Crippen LogP contribution in [0.1, 0.15) is 23.5 Å². The number of halogens is 1. The number of hydrogen-bond acceptors (Lipinski definition) is 4. The number of anilines is 1. The molecule has 1 aliphatic rings. The molecular formula is C31H25FN4O2S. The van der Waals surface area contributed by atoms with E-state index in [4.69, 9.17) is 21.7 Å². The summed E-state index contributed by atoms with van der Waals surface area (Å²) in [5.74, 6) is 1.91. The molecular weight excluding hydrogens is 511 g/mol. The molecule has 8 heteroatoms. The van der Waals surface area contributed by atoms with Gasteiger partial charge in [-0.05, 0) is 109 Å². The summed E-state index contributed by atoms with van der Waals surface area (Å²) >= 11 is 5.87. The van der Waals surface area contributed by atoms with Crippen molar-refractivity contribution >= 4 is 23.0 Å². The molecule has 1 aliphatic heterocycles. The Morgan fingerprint density at radius 3 is 2.13 bits per heavy atom. The Morgan fingerprint density at radius 1 is 0.795 bits per heavy atom. The molecule has 5 aromatic rings. The van der Waals surface area contributed by atoms with Crippen molar-refractivity contribution < 1.29 is 13.9 Å². The van der Waals surface area contributed by atoms with Crippen molar-refractivity contribution in [2.45, 2.75) is 12.1 Å². The van der Waals surface area contributed by atoms with E-state index in [0.717, 1.165) is 28.5 Å². The average Bonchev–Trinajstić information content (AvgIpc) is 3.59. The third-order valence-electron chi connectivity index (χ3n) is 6.70. The fourth-order valence-electron chi connectivity index (χ4n) is 4.86. The molecule has 1 saturated heterocycles. The SMILES string of the molecule is COc1ccc(Oc2ccc(N3C(=S)N[C@H](c4ccccn4)[C@H]3c3cccn3-c3ccc(F)cc3)cc2)cc1. The second-order valence-corrected chi connectivity index (χ2v) is 9.43. The Hall–Kier alpha value is -4.69. The Labute approximate surface area is 231 Å². The van der Waals surface area contributed by atoms with Crippen molar-refractivity contribution in [3.8, 4) is 22.9 Å². The van der Waals surface area contributed by atoms with Gasteiger partial charge in [-0.3, -0.25) is 4.98 Å². The zero-order valence-corrected chi connectivity index (χ0v) is 21.9. The second-order valence-electron chi connectivity index (χ2n) is 9.05. The summed E-state index contributed by atoms with van der Waals surface area (Å²) in [5, 5.41) is 4.08. The van der Waals surface area contributed by atoms with Crippen LogP contribution in [0, 0.1) is 5.82 Å². The first-order valence-electron chi connectivity index (χ1n) is 12.5. The number of pyridine rings is 1. The Bertz CT molecular complexity index is 1570. The van der Waals surface area contributed by atoms with E-state index in [0.29, 0.717) is 16.6 Å². The lowest BCUT2D eigenvalue weighted by Gasteiger charge is -2.29. The molecule has 0 saturated carbocycles. The maximum absolute atomic E-state index is 13.7. The quantitative estimate of drug-likeness (QED) is 0.226. The van der Waals surface area contributed by atoms with E-state index < -0.39 is 0 Å². The van der Waals surface area contributed by atoms with Gasteiger partial charge in [-0.25, -0.2) is 4.39 Å². The molecule has 0 spiro atoms. The lowest BCUT2D eigenvalue weighted by molar-refractivity contribution is 0.413. The van der Waals surface area contributed by atoms with Gasteiger partial charge in [0.25, 0.3) is 0 Å². The molecule has 2 aromatic heterocycles. The number of benzene rings is 3. The van der Waals surface area contributed by atoms with E-state index in [1.54, 1.807) is 25.4 Å². The number of nitrogens with zero attached hydrogens (tertiary/aromatic N) is 3. The summed E-state index contributed by atoms with van der Waals surface area (Å²) < 4.78 is 27.0. The summed E-state index contributed by atoms with van der Waals surface area (Å²) in [6.07, 6.45) is 3.76. The number of hydrogen-bond donors (Lipinski definition) is 1. The van der Waals surface area contributed by atoms with Gasteiger partial charge in [-0.15, -0.1) is 0 Å². The number of aromatic nitrogens is 2. The van der Waals surface area contributed by atoms with Gasteiger partial charge in [0.2, 0.25) is 0 Å². The molecule has 2 atom stereocenters. The summed E-state index contributed by atoms with van der Waals surface area (Å²) in [6, 6.07) is 31.2. The van der Waals surface area contributed by atoms with Gasteiger partial charge in [0, 0.05) is 29.5 Å². The van der Waals surface area contributed by atoms with E-state index in [1.165, 1.54) is 12.1 Å². The average molecular weight is 537 g/mol. The lowest BCUT2D eigenvalue weighted by atomic mass is 10.0. The van der Waals surface area contributed by atoms with Crippen molar-refractivity contribution in [3.05, 3.63) is 133 Å².